The quantitative estimate of drug-likeness (QED) is 0.339. The van der Waals surface area contributed by atoms with Crippen LogP contribution in [0.15, 0.2) is 0 Å². The van der Waals surface area contributed by atoms with Crippen LogP contribution in [0, 0.1) is 0 Å². The largest absolute Gasteiger partial charge is 0.396 e. The molecule has 0 heterocycles. The summed E-state index contributed by atoms with van der Waals surface area (Å²) in [4.78, 5) is 0. The molecule has 0 amide bonds. The van der Waals surface area contributed by atoms with E-state index in [1.807, 2.05) is 0 Å². The highest BCUT2D eigenvalue weighted by molar-refractivity contribution is 7.99. The molecule has 0 saturated carbocycles. The van der Waals surface area contributed by atoms with E-state index >= 15 is 0 Å². The number of aliphatic hydroxyl groups is 2. The van der Waals surface area contributed by atoms with Crippen LogP contribution in [0.25, 0.3) is 0 Å². The molecule has 0 radical (unpaired) electrons. The fourth-order valence-corrected chi connectivity index (χ4v) is 0.579. The summed E-state index contributed by atoms with van der Waals surface area (Å²) < 4.78 is -0.345. The van der Waals surface area contributed by atoms with E-state index in [9.17, 15) is 0 Å². The molecule has 50 valence electrons. The Balaban J connectivity index is 3.17. The zero-order valence-corrected chi connectivity index (χ0v) is 6.15. The van der Waals surface area contributed by atoms with Gasteiger partial charge in [0.25, 0.3) is 0 Å². The van der Waals surface area contributed by atoms with Crippen LogP contribution in [0.3, 0.4) is 0 Å². The van der Waals surface area contributed by atoms with E-state index in [2.05, 4.69) is 25.3 Å². The second kappa shape index (κ2) is 4.49. The van der Waals surface area contributed by atoms with Crippen molar-refractivity contribution >= 4 is 25.3 Å². The molecule has 0 aliphatic rings. The molecule has 0 aliphatic heterocycles. The summed E-state index contributed by atoms with van der Waals surface area (Å²) in [5, 5.41) is 17.1. The number of thiol groups is 2. The highest BCUT2D eigenvalue weighted by Crippen LogP contribution is 2.08. The zero-order chi connectivity index (χ0) is 6.57. The first kappa shape index (κ1) is 8.62. The molecule has 0 bridgehead atoms. The molecule has 1 atom stereocenters. The Morgan fingerprint density at radius 2 is 1.88 bits per heavy atom. The Morgan fingerprint density at radius 3 is 2.00 bits per heavy atom. The van der Waals surface area contributed by atoms with Crippen molar-refractivity contribution in [2.24, 2.45) is 0 Å². The van der Waals surface area contributed by atoms with Crippen molar-refractivity contribution in [3.63, 3.8) is 0 Å². The number of hydrogen-bond acceptors (Lipinski definition) is 4. The maximum Gasteiger partial charge on any atom is 0.0766 e. The van der Waals surface area contributed by atoms with Gasteiger partial charge in [-0.3, -0.25) is 0 Å². The third kappa shape index (κ3) is 3.60. The summed E-state index contributed by atoms with van der Waals surface area (Å²) >= 11 is 7.66. The summed E-state index contributed by atoms with van der Waals surface area (Å²) in [6, 6.07) is 0. The SMILES string of the molecule is OCCC(O)C(S)S. The monoisotopic (exact) mass is 154 g/mol. The molecule has 0 aromatic heterocycles. The summed E-state index contributed by atoms with van der Waals surface area (Å²) in [5.74, 6) is 0. The molecule has 0 fully saturated rings. The standard InChI is InChI=1S/C4H10O2S2/c5-2-1-3(6)4(7)8/h3-8H,1-2H2. The second-order valence-corrected chi connectivity index (χ2v) is 3.01. The Kier molecular flexibility index (Phi) is 4.84. The van der Waals surface area contributed by atoms with Crippen molar-refractivity contribution in [1.29, 1.82) is 0 Å². The van der Waals surface area contributed by atoms with E-state index in [0.717, 1.165) is 0 Å². The lowest BCUT2D eigenvalue weighted by Gasteiger charge is -2.09. The van der Waals surface area contributed by atoms with Crippen molar-refractivity contribution in [1.82, 2.24) is 0 Å². The van der Waals surface area contributed by atoms with E-state index in [-0.39, 0.29) is 11.2 Å². The average Bonchev–Trinajstić information content (AvgIpc) is 1.67. The molecule has 4 heteroatoms. The molecule has 0 aromatic rings. The maximum absolute atomic E-state index is 8.81. The highest BCUT2D eigenvalue weighted by Gasteiger charge is 2.08. The lowest BCUT2D eigenvalue weighted by molar-refractivity contribution is 0.147. The summed E-state index contributed by atoms with van der Waals surface area (Å²) in [6.07, 6.45) is -0.260. The Morgan fingerprint density at radius 1 is 1.38 bits per heavy atom. The molecule has 8 heavy (non-hydrogen) atoms. The fraction of sp³-hybridized carbons (Fsp3) is 1.00. The number of hydrogen-bond donors (Lipinski definition) is 4. The van der Waals surface area contributed by atoms with Gasteiger partial charge in [-0.2, -0.15) is 25.3 Å². The van der Waals surface area contributed by atoms with Gasteiger partial charge in [0.15, 0.2) is 0 Å². The minimum Gasteiger partial charge on any atom is -0.396 e. The lowest BCUT2D eigenvalue weighted by Crippen LogP contribution is -2.16. The predicted octanol–water partition coefficient (Wildman–Crippen LogP) is -0.0846. The summed E-state index contributed by atoms with van der Waals surface area (Å²) in [6.45, 7) is -0.0151. The van der Waals surface area contributed by atoms with Crippen LogP contribution < -0.4 is 0 Å². The van der Waals surface area contributed by atoms with Gasteiger partial charge in [-0.05, 0) is 6.42 Å². The van der Waals surface area contributed by atoms with Crippen LogP contribution >= 0.6 is 25.3 Å². The Hall–Kier alpha value is 0.620. The first-order valence-corrected chi connectivity index (χ1v) is 3.37. The van der Waals surface area contributed by atoms with Crippen molar-refractivity contribution in [3.8, 4) is 0 Å². The van der Waals surface area contributed by atoms with Gasteiger partial charge in [-0.1, -0.05) is 0 Å². The van der Waals surface area contributed by atoms with Crippen LogP contribution in [0.1, 0.15) is 6.42 Å². The van der Waals surface area contributed by atoms with Gasteiger partial charge >= 0.3 is 0 Å². The van der Waals surface area contributed by atoms with Crippen LogP contribution in [0.4, 0.5) is 0 Å². The average molecular weight is 154 g/mol. The molecule has 0 rings (SSSR count). The van der Waals surface area contributed by atoms with Crippen LogP contribution in [-0.2, 0) is 0 Å². The third-order valence-electron chi connectivity index (χ3n) is 0.769. The molecule has 2 N–H and O–H groups in total. The fourth-order valence-electron chi connectivity index (χ4n) is 0.281. The summed E-state index contributed by atoms with van der Waals surface area (Å²) in [7, 11) is 0. The first-order chi connectivity index (χ1) is 3.68. The van der Waals surface area contributed by atoms with E-state index in [0.29, 0.717) is 6.42 Å². The molecular formula is C4H10O2S2. The zero-order valence-electron chi connectivity index (χ0n) is 4.36. The van der Waals surface area contributed by atoms with Crippen LogP contribution in [0.5, 0.6) is 0 Å². The molecule has 0 saturated heterocycles. The molecule has 2 nitrogen and oxygen atoms in total. The highest BCUT2D eigenvalue weighted by atomic mass is 32.2. The molecule has 0 aromatic carbocycles. The normalized spacial score (nSPS) is 14.6. The van der Waals surface area contributed by atoms with E-state index in [1.165, 1.54) is 0 Å². The minimum absolute atomic E-state index is 0.0151. The van der Waals surface area contributed by atoms with Gasteiger partial charge in [0.1, 0.15) is 0 Å². The maximum atomic E-state index is 8.81. The number of rotatable bonds is 3. The van der Waals surface area contributed by atoms with Crippen molar-refractivity contribution in [3.05, 3.63) is 0 Å². The van der Waals surface area contributed by atoms with Gasteiger partial charge in [-0.15, -0.1) is 0 Å². The van der Waals surface area contributed by atoms with Gasteiger partial charge in [-0.25, -0.2) is 0 Å². The Labute approximate surface area is 59.7 Å². The second-order valence-electron chi connectivity index (χ2n) is 1.49. The predicted molar refractivity (Wildman–Crippen MR) is 39.5 cm³/mol. The minimum atomic E-state index is -0.605. The van der Waals surface area contributed by atoms with Gasteiger partial charge < -0.3 is 10.2 Å². The van der Waals surface area contributed by atoms with E-state index < -0.39 is 6.10 Å². The van der Waals surface area contributed by atoms with Gasteiger partial charge in [0, 0.05) is 6.61 Å². The molecule has 1 unspecified atom stereocenters. The first-order valence-electron chi connectivity index (χ1n) is 2.33. The van der Waals surface area contributed by atoms with E-state index in [1.54, 1.807) is 0 Å². The summed E-state index contributed by atoms with van der Waals surface area (Å²) in [5.41, 5.74) is 0. The topological polar surface area (TPSA) is 40.5 Å². The molecule has 0 aliphatic carbocycles. The molecular weight excluding hydrogens is 144 g/mol. The van der Waals surface area contributed by atoms with Gasteiger partial charge in [0.2, 0.25) is 0 Å². The van der Waals surface area contributed by atoms with E-state index in [4.69, 9.17) is 10.2 Å². The van der Waals surface area contributed by atoms with Crippen molar-refractivity contribution in [2.45, 2.75) is 17.1 Å². The smallest absolute Gasteiger partial charge is 0.0766 e. The number of aliphatic hydroxyl groups excluding tert-OH is 2. The van der Waals surface area contributed by atoms with Crippen molar-refractivity contribution < 1.29 is 10.2 Å². The van der Waals surface area contributed by atoms with Crippen molar-refractivity contribution in [2.75, 3.05) is 6.61 Å². The van der Waals surface area contributed by atoms with Gasteiger partial charge in [0.05, 0.1) is 10.7 Å². The van der Waals surface area contributed by atoms with Crippen LogP contribution in [-0.4, -0.2) is 27.5 Å². The third-order valence-corrected chi connectivity index (χ3v) is 1.46. The molecule has 0 spiro atoms. The Bertz CT molecular complexity index is 58.0. The lowest BCUT2D eigenvalue weighted by atomic mass is 10.3. The van der Waals surface area contributed by atoms with Crippen LogP contribution in [0.2, 0.25) is 0 Å².